The van der Waals surface area contributed by atoms with E-state index in [1.165, 1.54) is 57.5 Å². The SMILES string of the molecule is C[C@@H]1CC[C@@H]([NH+]2CC[NH+](Cc3ccccc3)CC2)C1. The molecule has 1 saturated carbocycles. The van der Waals surface area contributed by atoms with Crippen LogP contribution in [0.4, 0.5) is 0 Å². The maximum atomic E-state index is 2.43. The van der Waals surface area contributed by atoms with Gasteiger partial charge in [0, 0.05) is 12.0 Å². The molecule has 104 valence electrons. The summed E-state index contributed by atoms with van der Waals surface area (Å²) in [5.41, 5.74) is 1.50. The van der Waals surface area contributed by atoms with Crippen molar-refractivity contribution in [2.45, 2.75) is 38.8 Å². The summed E-state index contributed by atoms with van der Waals surface area (Å²) >= 11 is 0. The lowest BCUT2D eigenvalue weighted by Crippen LogP contribution is -3.29. The van der Waals surface area contributed by atoms with Gasteiger partial charge in [0.25, 0.3) is 0 Å². The van der Waals surface area contributed by atoms with E-state index in [1.807, 2.05) is 4.90 Å². The van der Waals surface area contributed by atoms with Gasteiger partial charge in [-0.15, -0.1) is 0 Å². The standard InChI is InChI=1S/C17H26N2/c1-15-7-8-17(13-15)19-11-9-18(10-12-19)14-16-5-3-2-4-6-16/h2-6,15,17H,7-14H2,1H3/p+2/t15-,17-/m1/s1. The van der Waals surface area contributed by atoms with Gasteiger partial charge in [-0.05, 0) is 18.8 Å². The van der Waals surface area contributed by atoms with Crippen LogP contribution in [-0.2, 0) is 6.54 Å². The Morgan fingerprint density at radius 3 is 2.37 bits per heavy atom. The molecule has 1 saturated heterocycles. The van der Waals surface area contributed by atoms with Crippen molar-refractivity contribution in [2.75, 3.05) is 26.2 Å². The Morgan fingerprint density at radius 2 is 1.74 bits per heavy atom. The zero-order chi connectivity index (χ0) is 13.1. The van der Waals surface area contributed by atoms with Gasteiger partial charge >= 0.3 is 0 Å². The summed E-state index contributed by atoms with van der Waals surface area (Å²) in [6.07, 6.45) is 4.42. The van der Waals surface area contributed by atoms with E-state index >= 15 is 0 Å². The number of hydrogen-bond donors (Lipinski definition) is 2. The van der Waals surface area contributed by atoms with E-state index in [0.717, 1.165) is 12.0 Å². The molecule has 0 spiro atoms. The Hall–Kier alpha value is -0.860. The summed E-state index contributed by atoms with van der Waals surface area (Å²) in [7, 11) is 0. The van der Waals surface area contributed by atoms with Gasteiger partial charge in [0.2, 0.25) is 0 Å². The van der Waals surface area contributed by atoms with Crippen LogP contribution < -0.4 is 9.80 Å². The average Bonchev–Trinajstić information content (AvgIpc) is 2.87. The molecule has 19 heavy (non-hydrogen) atoms. The Labute approximate surface area is 117 Å². The van der Waals surface area contributed by atoms with Gasteiger partial charge in [0.15, 0.2) is 0 Å². The second-order valence-corrected chi connectivity index (χ2v) is 6.69. The molecular weight excluding hydrogens is 232 g/mol. The topological polar surface area (TPSA) is 8.88 Å². The highest BCUT2D eigenvalue weighted by Crippen LogP contribution is 2.22. The van der Waals surface area contributed by atoms with Crippen LogP contribution in [0.1, 0.15) is 31.7 Å². The minimum absolute atomic E-state index is 0.979. The van der Waals surface area contributed by atoms with E-state index in [9.17, 15) is 0 Å². The fourth-order valence-corrected chi connectivity index (χ4v) is 3.97. The number of benzene rings is 1. The smallest absolute Gasteiger partial charge is 0.127 e. The molecule has 0 bridgehead atoms. The van der Waals surface area contributed by atoms with Gasteiger partial charge < -0.3 is 9.80 Å². The molecule has 3 rings (SSSR count). The minimum atomic E-state index is 0.979. The molecule has 1 aromatic rings. The van der Waals surface area contributed by atoms with E-state index in [2.05, 4.69) is 37.3 Å². The molecule has 1 aromatic carbocycles. The van der Waals surface area contributed by atoms with Crippen molar-refractivity contribution in [1.29, 1.82) is 0 Å². The highest BCUT2D eigenvalue weighted by atomic mass is 15.3. The maximum Gasteiger partial charge on any atom is 0.127 e. The summed E-state index contributed by atoms with van der Waals surface area (Å²) in [6, 6.07) is 12.0. The van der Waals surface area contributed by atoms with Crippen molar-refractivity contribution in [2.24, 2.45) is 5.92 Å². The molecule has 1 aliphatic carbocycles. The van der Waals surface area contributed by atoms with Crippen molar-refractivity contribution in [1.82, 2.24) is 0 Å². The molecule has 1 aliphatic heterocycles. The summed E-state index contributed by atoms with van der Waals surface area (Å²) in [5, 5.41) is 0. The number of quaternary nitrogens is 2. The van der Waals surface area contributed by atoms with Crippen molar-refractivity contribution < 1.29 is 9.80 Å². The number of nitrogens with one attached hydrogen (secondary N) is 2. The zero-order valence-electron chi connectivity index (χ0n) is 12.2. The predicted molar refractivity (Wildman–Crippen MR) is 78.3 cm³/mol. The molecule has 0 unspecified atom stereocenters. The average molecular weight is 260 g/mol. The van der Waals surface area contributed by atoms with Crippen molar-refractivity contribution in [3.05, 3.63) is 35.9 Å². The lowest BCUT2D eigenvalue weighted by Gasteiger charge is -2.33. The Morgan fingerprint density at radius 1 is 1.00 bits per heavy atom. The van der Waals surface area contributed by atoms with E-state index in [4.69, 9.17) is 0 Å². The fraction of sp³-hybridized carbons (Fsp3) is 0.647. The Balaban J connectivity index is 1.47. The molecule has 2 fully saturated rings. The highest BCUT2D eigenvalue weighted by Gasteiger charge is 2.33. The fourth-order valence-electron chi connectivity index (χ4n) is 3.97. The third-order valence-electron chi connectivity index (χ3n) is 5.17. The number of rotatable bonds is 3. The van der Waals surface area contributed by atoms with Crippen molar-refractivity contribution >= 4 is 0 Å². The quantitative estimate of drug-likeness (QED) is 0.766. The monoisotopic (exact) mass is 260 g/mol. The molecule has 2 nitrogen and oxygen atoms in total. The Bertz CT molecular complexity index is 382. The Kier molecular flexibility index (Phi) is 4.19. The van der Waals surface area contributed by atoms with Gasteiger partial charge in [0.05, 0.1) is 6.04 Å². The van der Waals surface area contributed by atoms with Crippen LogP contribution in [-0.4, -0.2) is 32.2 Å². The first-order valence-electron chi connectivity index (χ1n) is 8.03. The second kappa shape index (κ2) is 6.06. The summed E-state index contributed by atoms with van der Waals surface area (Å²) in [5.74, 6) is 0.979. The maximum absolute atomic E-state index is 2.43. The lowest BCUT2D eigenvalue weighted by atomic mass is 10.1. The van der Waals surface area contributed by atoms with Gasteiger partial charge in [0.1, 0.15) is 32.7 Å². The summed E-state index contributed by atoms with van der Waals surface area (Å²) in [4.78, 5) is 3.68. The van der Waals surface area contributed by atoms with Crippen LogP contribution in [0.3, 0.4) is 0 Å². The zero-order valence-corrected chi connectivity index (χ0v) is 12.2. The molecule has 0 aromatic heterocycles. The minimum Gasteiger partial charge on any atom is -0.323 e. The molecule has 0 amide bonds. The summed E-state index contributed by atoms with van der Waals surface area (Å²) < 4.78 is 0. The van der Waals surface area contributed by atoms with Crippen LogP contribution in [0.2, 0.25) is 0 Å². The van der Waals surface area contributed by atoms with E-state index in [0.29, 0.717) is 0 Å². The first-order valence-corrected chi connectivity index (χ1v) is 8.03. The molecule has 0 radical (unpaired) electrons. The molecule has 1 heterocycles. The van der Waals surface area contributed by atoms with Gasteiger partial charge in [-0.2, -0.15) is 0 Å². The predicted octanol–water partition coefficient (Wildman–Crippen LogP) is 0.159. The van der Waals surface area contributed by atoms with E-state index < -0.39 is 0 Å². The highest BCUT2D eigenvalue weighted by molar-refractivity contribution is 5.13. The van der Waals surface area contributed by atoms with E-state index in [-0.39, 0.29) is 0 Å². The van der Waals surface area contributed by atoms with Gasteiger partial charge in [-0.25, -0.2) is 0 Å². The number of piperazine rings is 1. The van der Waals surface area contributed by atoms with Crippen LogP contribution in [0.15, 0.2) is 30.3 Å². The van der Waals surface area contributed by atoms with Crippen LogP contribution >= 0.6 is 0 Å². The normalized spacial score (nSPS) is 35.4. The third-order valence-corrected chi connectivity index (χ3v) is 5.17. The van der Waals surface area contributed by atoms with Crippen LogP contribution in [0.5, 0.6) is 0 Å². The van der Waals surface area contributed by atoms with E-state index in [1.54, 1.807) is 4.90 Å². The third kappa shape index (κ3) is 3.37. The van der Waals surface area contributed by atoms with Crippen molar-refractivity contribution in [3.8, 4) is 0 Å². The van der Waals surface area contributed by atoms with Crippen LogP contribution in [0, 0.1) is 5.92 Å². The largest absolute Gasteiger partial charge is 0.323 e. The molecule has 2 N–H and O–H groups in total. The van der Waals surface area contributed by atoms with Gasteiger partial charge in [-0.1, -0.05) is 37.3 Å². The molecule has 2 atom stereocenters. The summed E-state index contributed by atoms with van der Waals surface area (Å²) in [6.45, 7) is 9.13. The second-order valence-electron chi connectivity index (χ2n) is 6.69. The molecule has 2 heteroatoms. The van der Waals surface area contributed by atoms with Crippen molar-refractivity contribution in [3.63, 3.8) is 0 Å². The lowest BCUT2D eigenvalue weighted by molar-refractivity contribution is -1.03. The molecular formula is C17H28N2+2. The van der Waals surface area contributed by atoms with Gasteiger partial charge in [-0.3, -0.25) is 0 Å². The molecule has 2 aliphatic rings. The van der Waals surface area contributed by atoms with Crippen LogP contribution in [0.25, 0.3) is 0 Å². The number of hydrogen-bond acceptors (Lipinski definition) is 0. The first-order chi connectivity index (χ1) is 9.31. The first kappa shape index (κ1) is 13.1.